The van der Waals surface area contributed by atoms with E-state index in [4.69, 9.17) is 14.9 Å². The Labute approximate surface area is 131 Å². The molecule has 0 fully saturated rings. The summed E-state index contributed by atoms with van der Waals surface area (Å²) in [6.45, 7) is 11.2. The van der Waals surface area contributed by atoms with Crippen LogP contribution >= 0.6 is 0 Å². The van der Waals surface area contributed by atoms with E-state index in [-0.39, 0.29) is 18.5 Å². The number of carbonyl (C=O) groups excluding carboxylic acids is 1. The van der Waals surface area contributed by atoms with Crippen molar-refractivity contribution in [2.75, 3.05) is 6.61 Å². The molecule has 0 radical (unpaired) electrons. The number of nitrogens with zero attached hydrogens (tertiary/aromatic N) is 2. The molecule has 0 amide bonds. The minimum Gasteiger partial charge on any atom is -0.384 e. The highest BCUT2D eigenvalue weighted by molar-refractivity contribution is 6.76. The third-order valence-electron chi connectivity index (χ3n) is 3.09. The van der Waals surface area contributed by atoms with Crippen LogP contribution in [0.25, 0.3) is 0 Å². The van der Waals surface area contributed by atoms with Gasteiger partial charge in [-0.2, -0.15) is 4.68 Å². The van der Waals surface area contributed by atoms with Gasteiger partial charge in [-0.1, -0.05) is 33.5 Å². The first kappa shape index (κ1) is 18.8. The first-order chi connectivity index (χ1) is 10.1. The Morgan fingerprint density at radius 1 is 1.41 bits per heavy atom. The normalized spacial score (nSPS) is 13.6. The van der Waals surface area contributed by atoms with Crippen LogP contribution in [0.2, 0.25) is 25.7 Å². The average Bonchev–Trinajstić information content (AvgIpc) is 2.73. The van der Waals surface area contributed by atoms with Gasteiger partial charge in [-0.25, -0.2) is 4.79 Å². The molecule has 1 aromatic heterocycles. The molecule has 0 aromatic carbocycles. The van der Waals surface area contributed by atoms with Crippen LogP contribution in [0.1, 0.15) is 31.0 Å². The monoisotopic (exact) mass is 329 g/mol. The van der Waals surface area contributed by atoms with Crippen molar-refractivity contribution in [3.63, 3.8) is 0 Å². The Bertz CT molecular complexity index is 545. The number of rotatable bonds is 9. The third-order valence-corrected chi connectivity index (χ3v) is 4.79. The van der Waals surface area contributed by atoms with E-state index in [0.29, 0.717) is 13.0 Å². The van der Waals surface area contributed by atoms with Crippen molar-refractivity contribution in [2.24, 2.45) is 11.7 Å². The Balaban J connectivity index is 2.60. The molecule has 0 bridgehead atoms. The molecule has 0 aliphatic carbocycles. The summed E-state index contributed by atoms with van der Waals surface area (Å²) in [5, 5.41) is 3.87. The van der Waals surface area contributed by atoms with Crippen LogP contribution in [0, 0.1) is 5.92 Å². The van der Waals surface area contributed by atoms with Crippen molar-refractivity contribution in [2.45, 2.75) is 58.7 Å². The molecule has 0 aliphatic heterocycles. The Morgan fingerprint density at radius 2 is 2.05 bits per heavy atom. The van der Waals surface area contributed by atoms with Gasteiger partial charge in [-0.05, 0) is 18.4 Å². The van der Waals surface area contributed by atoms with E-state index in [1.807, 2.05) is 13.8 Å². The Morgan fingerprint density at radius 3 is 2.59 bits per heavy atom. The van der Waals surface area contributed by atoms with E-state index in [2.05, 4.69) is 24.7 Å². The molecule has 2 N–H and O–H groups in total. The molecular formula is C14H27N3O4Si. The molecule has 8 heteroatoms. The SMILES string of the molecule is CC(C)C[C@H](N)C(=O)c1nn(COCC[Si](C)(C)C)c(=O)o1. The largest absolute Gasteiger partial charge is 0.439 e. The summed E-state index contributed by atoms with van der Waals surface area (Å²) < 4.78 is 11.3. The second kappa shape index (κ2) is 7.84. The number of Topliss-reactive ketones (excluding diaryl/α,β-unsaturated/α-hetero) is 1. The molecule has 0 unspecified atom stereocenters. The summed E-state index contributed by atoms with van der Waals surface area (Å²) in [6.07, 6.45) is 0.516. The van der Waals surface area contributed by atoms with Crippen LogP contribution in [-0.4, -0.2) is 36.3 Å². The fourth-order valence-electron chi connectivity index (χ4n) is 1.79. The standard InChI is InChI=1S/C14H27N3O4Si/c1-10(2)8-11(15)12(18)13-16-17(14(19)21-13)9-20-6-7-22(3,4)5/h10-11H,6-9,15H2,1-5H3/t11-/m0/s1. The van der Waals surface area contributed by atoms with Gasteiger partial charge in [0.05, 0.1) is 6.04 Å². The summed E-state index contributed by atoms with van der Waals surface area (Å²) in [6, 6.07) is 0.282. The van der Waals surface area contributed by atoms with Gasteiger partial charge in [0.25, 0.3) is 5.89 Å². The molecule has 7 nitrogen and oxygen atoms in total. The zero-order chi connectivity index (χ0) is 16.9. The maximum Gasteiger partial charge on any atom is 0.439 e. The summed E-state index contributed by atoms with van der Waals surface area (Å²) >= 11 is 0. The van der Waals surface area contributed by atoms with E-state index in [1.54, 1.807) is 0 Å². The first-order valence-electron chi connectivity index (χ1n) is 7.55. The van der Waals surface area contributed by atoms with Crippen molar-refractivity contribution in [1.29, 1.82) is 0 Å². The maximum absolute atomic E-state index is 12.0. The quantitative estimate of drug-likeness (QED) is 0.420. The smallest absolute Gasteiger partial charge is 0.384 e. The summed E-state index contributed by atoms with van der Waals surface area (Å²) in [5.74, 6) is -1.12. The molecule has 0 saturated heterocycles. The van der Waals surface area contributed by atoms with Gasteiger partial charge < -0.3 is 14.9 Å². The average molecular weight is 329 g/mol. The zero-order valence-corrected chi connectivity index (χ0v) is 15.1. The lowest BCUT2D eigenvalue weighted by molar-refractivity contribution is 0.0739. The Kier molecular flexibility index (Phi) is 6.70. The van der Waals surface area contributed by atoms with Gasteiger partial charge in [0, 0.05) is 14.7 Å². The highest BCUT2D eigenvalue weighted by Gasteiger charge is 2.23. The number of carbonyl (C=O) groups is 1. The minimum atomic E-state index is -1.18. The van der Waals surface area contributed by atoms with Gasteiger partial charge >= 0.3 is 5.76 Å². The van der Waals surface area contributed by atoms with E-state index < -0.39 is 25.7 Å². The van der Waals surface area contributed by atoms with Crippen molar-refractivity contribution in [3.8, 4) is 0 Å². The topological polar surface area (TPSA) is 100 Å². The number of nitrogens with two attached hydrogens (primary N) is 1. The predicted octanol–water partition coefficient (Wildman–Crippen LogP) is 1.70. The van der Waals surface area contributed by atoms with Crippen molar-refractivity contribution < 1.29 is 13.9 Å². The van der Waals surface area contributed by atoms with Crippen LogP contribution in [0.15, 0.2) is 9.21 Å². The van der Waals surface area contributed by atoms with E-state index >= 15 is 0 Å². The third kappa shape index (κ3) is 6.25. The molecular weight excluding hydrogens is 302 g/mol. The van der Waals surface area contributed by atoms with Gasteiger partial charge in [0.1, 0.15) is 6.73 Å². The molecule has 1 aromatic rings. The van der Waals surface area contributed by atoms with Crippen LogP contribution in [-0.2, 0) is 11.5 Å². The highest BCUT2D eigenvalue weighted by atomic mass is 28.3. The van der Waals surface area contributed by atoms with Crippen molar-refractivity contribution in [1.82, 2.24) is 9.78 Å². The predicted molar refractivity (Wildman–Crippen MR) is 86.6 cm³/mol. The highest BCUT2D eigenvalue weighted by Crippen LogP contribution is 2.08. The maximum atomic E-state index is 12.0. The summed E-state index contributed by atoms with van der Waals surface area (Å²) in [7, 11) is -1.18. The number of hydrogen-bond acceptors (Lipinski definition) is 6. The van der Waals surface area contributed by atoms with Crippen molar-refractivity contribution in [3.05, 3.63) is 16.4 Å². The van der Waals surface area contributed by atoms with Crippen LogP contribution in [0.4, 0.5) is 0 Å². The lowest BCUT2D eigenvalue weighted by Crippen LogP contribution is -2.32. The second-order valence-electron chi connectivity index (χ2n) is 7.12. The number of ether oxygens (including phenoxy) is 1. The summed E-state index contributed by atoms with van der Waals surface area (Å²) in [4.78, 5) is 23.7. The van der Waals surface area contributed by atoms with Crippen LogP contribution in [0.5, 0.6) is 0 Å². The minimum absolute atomic E-state index is 0.0144. The van der Waals surface area contributed by atoms with Gasteiger partial charge in [-0.15, -0.1) is 5.10 Å². The van der Waals surface area contributed by atoms with Crippen LogP contribution < -0.4 is 11.5 Å². The van der Waals surface area contributed by atoms with Gasteiger partial charge in [-0.3, -0.25) is 4.79 Å². The van der Waals surface area contributed by atoms with E-state index in [9.17, 15) is 9.59 Å². The number of hydrogen-bond donors (Lipinski definition) is 1. The lowest BCUT2D eigenvalue weighted by atomic mass is 10.0. The van der Waals surface area contributed by atoms with Crippen molar-refractivity contribution >= 4 is 13.9 Å². The Hall–Kier alpha value is -1.25. The lowest BCUT2D eigenvalue weighted by Gasteiger charge is -2.14. The molecule has 1 atom stereocenters. The summed E-state index contributed by atoms with van der Waals surface area (Å²) in [5.41, 5.74) is 5.79. The fraction of sp³-hybridized carbons (Fsp3) is 0.786. The number of aromatic nitrogens is 2. The molecule has 0 saturated carbocycles. The second-order valence-corrected chi connectivity index (χ2v) is 12.7. The van der Waals surface area contributed by atoms with Gasteiger partial charge in [0.2, 0.25) is 5.78 Å². The van der Waals surface area contributed by atoms with Gasteiger partial charge in [0.15, 0.2) is 0 Å². The molecule has 22 heavy (non-hydrogen) atoms. The first-order valence-corrected chi connectivity index (χ1v) is 11.3. The molecule has 1 rings (SSSR count). The van der Waals surface area contributed by atoms with Crippen LogP contribution in [0.3, 0.4) is 0 Å². The van der Waals surface area contributed by atoms with E-state index in [1.165, 1.54) is 0 Å². The van der Waals surface area contributed by atoms with E-state index in [0.717, 1.165) is 10.7 Å². The number of ketones is 1. The molecule has 126 valence electrons. The molecule has 1 heterocycles. The fourth-order valence-corrected chi connectivity index (χ4v) is 2.55. The molecule has 0 aliphatic rings. The molecule has 0 spiro atoms. The zero-order valence-electron chi connectivity index (χ0n) is 14.1.